The molecule has 2 unspecified atom stereocenters. The molecule has 0 saturated carbocycles. The lowest BCUT2D eigenvalue weighted by Crippen LogP contribution is -2.25. The first-order chi connectivity index (χ1) is 13.2. The van der Waals surface area contributed by atoms with E-state index in [9.17, 15) is 0 Å². The van der Waals surface area contributed by atoms with Crippen LogP contribution >= 0.6 is 0 Å². The number of ether oxygens (including phenoxy) is 1. The van der Waals surface area contributed by atoms with E-state index in [1.807, 2.05) is 24.8 Å². The number of aromatic nitrogens is 5. The van der Waals surface area contributed by atoms with Gasteiger partial charge in [-0.3, -0.25) is 4.98 Å². The highest BCUT2D eigenvalue weighted by Crippen LogP contribution is 2.30. The fraction of sp³-hybridized carbons (Fsp3) is 0.500. The minimum Gasteiger partial charge on any atom is -0.376 e. The van der Waals surface area contributed by atoms with Crippen molar-refractivity contribution in [1.82, 2.24) is 24.5 Å². The lowest BCUT2D eigenvalue weighted by molar-refractivity contribution is 0.114. The predicted molar refractivity (Wildman–Crippen MR) is 103 cm³/mol. The molecule has 3 aromatic heterocycles. The maximum absolute atomic E-state index is 5.80. The van der Waals surface area contributed by atoms with Crippen LogP contribution in [0.5, 0.6) is 0 Å². The second-order valence-corrected chi connectivity index (χ2v) is 7.80. The van der Waals surface area contributed by atoms with E-state index in [1.54, 1.807) is 0 Å². The van der Waals surface area contributed by atoms with E-state index in [-0.39, 0.29) is 0 Å². The highest BCUT2D eigenvalue weighted by Gasteiger charge is 2.38. The summed E-state index contributed by atoms with van der Waals surface area (Å²) in [5.41, 5.74) is 4.03. The Morgan fingerprint density at radius 2 is 2.11 bits per heavy atom. The van der Waals surface area contributed by atoms with Crippen LogP contribution in [-0.2, 0) is 11.2 Å². The number of fused-ring (bicyclic) bond motifs is 2. The molecule has 0 aliphatic carbocycles. The Morgan fingerprint density at radius 3 is 2.96 bits per heavy atom. The third kappa shape index (κ3) is 3.06. The molecule has 3 aromatic rings. The molecular weight excluding hydrogens is 340 g/mol. The van der Waals surface area contributed by atoms with Gasteiger partial charge < -0.3 is 14.2 Å². The maximum atomic E-state index is 5.80. The highest BCUT2D eigenvalue weighted by molar-refractivity contribution is 5.74. The zero-order valence-corrected chi connectivity index (χ0v) is 15.7. The molecule has 5 rings (SSSR count). The number of rotatable bonds is 4. The first kappa shape index (κ1) is 16.6. The Balaban J connectivity index is 1.38. The summed E-state index contributed by atoms with van der Waals surface area (Å²) in [6.07, 6.45) is 7.77. The molecule has 0 spiro atoms. The van der Waals surface area contributed by atoms with E-state index in [4.69, 9.17) is 9.72 Å². The summed E-state index contributed by atoms with van der Waals surface area (Å²) in [5, 5.41) is 0. The van der Waals surface area contributed by atoms with Crippen molar-refractivity contribution >= 4 is 17.0 Å². The molecule has 27 heavy (non-hydrogen) atoms. The Hall–Kier alpha value is -2.54. The minimum absolute atomic E-state index is 0.345. The first-order valence-electron chi connectivity index (χ1n) is 9.67. The first-order valence-corrected chi connectivity index (χ1v) is 9.67. The van der Waals surface area contributed by atoms with E-state index in [0.29, 0.717) is 24.5 Å². The van der Waals surface area contributed by atoms with E-state index < -0.39 is 0 Å². The van der Waals surface area contributed by atoms with E-state index >= 15 is 0 Å². The van der Waals surface area contributed by atoms with Gasteiger partial charge in [0.1, 0.15) is 5.52 Å². The number of hydrogen-bond donors (Lipinski definition) is 0. The number of nitrogens with zero attached hydrogens (tertiary/aromatic N) is 6. The molecule has 5 heterocycles. The molecule has 0 bridgehead atoms. The summed E-state index contributed by atoms with van der Waals surface area (Å²) in [6, 6.07) is 4.47. The summed E-state index contributed by atoms with van der Waals surface area (Å²) < 4.78 is 7.98. The monoisotopic (exact) mass is 364 g/mol. The van der Waals surface area contributed by atoms with Crippen molar-refractivity contribution < 1.29 is 4.74 Å². The molecule has 2 atom stereocenters. The van der Waals surface area contributed by atoms with Crippen molar-refractivity contribution in [3.8, 4) is 0 Å². The normalized spacial score (nSPS) is 22.1. The largest absolute Gasteiger partial charge is 0.376 e. The van der Waals surface area contributed by atoms with Crippen molar-refractivity contribution in [1.29, 1.82) is 0 Å². The van der Waals surface area contributed by atoms with Crippen molar-refractivity contribution in [2.24, 2.45) is 5.92 Å². The van der Waals surface area contributed by atoms with Crippen LogP contribution < -0.4 is 4.90 Å². The van der Waals surface area contributed by atoms with Crippen LogP contribution in [0.3, 0.4) is 0 Å². The van der Waals surface area contributed by atoms with Gasteiger partial charge in [0.15, 0.2) is 0 Å². The van der Waals surface area contributed by atoms with Crippen LogP contribution in [0, 0.1) is 5.92 Å². The van der Waals surface area contributed by atoms with Crippen LogP contribution in [0.15, 0.2) is 30.9 Å². The fourth-order valence-corrected chi connectivity index (χ4v) is 4.14. The Labute approximate surface area is 158 Å². The van der Waals surface area contributed by atoms with Gasteiger partial charge >= 0.3 is 0 Å². The number of pyridine rings is 1. The highest BCUT2D eigenvalue weighted by atomic mass is 16.5. The Kier molecular flexibility index (Phi) is 4.04. The van der Waals surface area contributed by atoms with Crippen molar-refractivity contribution in [3.05, 3.63) is 42.2 Å². The van der Waals surface area contributed by atoms with E-state index in [1.165, 1.54) is 0 Å². The van der Waals surface area contributed by atoms with Gasteiger partial charge in [-0.05, 0) is 32.4 Å². The molecular formula is C20H24N6O. The molecule has 0 amide bonds. The Morgan fingerprint density at radius 1 is 1.19 bits per heavy atom. The summed E-state index contributed by atoms with van der Waals surface area (Å²) in [4.78, 5) is 20.6. The molecule has 7 nitrogen and oxygen atoms in total. The molecule has 7 heteroatoms. The van der Waals surface area contributed by atoms with Crippen molar-refractivity contribution in [2.75, 3.05) is 24.6 Å². The standard InChI is InChI=1S/C20H24N6O/c1-13(2)26-12-23-17-9-22-16(8-18(17)26)7-15-3-5-21-20(24-15)25-10-14-4-6-27-19(14)11-25/h3,5,8-9,12-14,19H,4,6-7,10-11H2,1-2H3. The lowest BCUT2D eigenvalue weighted by Gasteiger charge is -2.17. The molecule has 2 aliphatic rings. The van der Waals surface area contributed by atoms with Crippen molar-refractivity contribution in [2.45, 2.75) is 38.8 Å². The van der Waals surface area contributed by atoms with Crippen LogP contribution in [0.1, 0.15) is 37.7 Å². The minimum atomic E-state index is 0.345. The summed E-state index contributed by atoms with van der Waals surface area (Å²) in [6.45, 7) is 7.10. The van der Waals surface area contributed by atoms with Crippen molar-refractivity contribution in [3.63, 3.8) is 0 Å². The maximum Gasteiger partial charge on any atom is 0.225 e. The van der Waals surface area contributed by atoms with E-state index in [0.717, 1.165) is 54.5 Å². The molecule has 2 fully saturated rings. The van der Waals surface area contributed by atoms with Gasteiger partial charge in [-0.1, -0.05) is 0 Å². The quantitative estimate of drug-likeness (QED) is 0.709. The average Bonchev–Trinajstić information content (AvgIpc) is 3.36. The van der Waals surface area contributed by atoms with Gasteiger partial charge in [0.2, 0.25) is 5.95 Å². The molecule has 0 aromatic carbocycles. The lowest BCUT2D eigenvalue weighted by atomic mass is 10.1. The Bertz CT molecular complexity index is 956. The summed E-state index contributed by atoms with van der Waals surface area (Å²) >= 11 is 0. The SMILES string of the molecule is CC(C)n1cnc2cnc(Cc3ccnc(N4CC5CCOC5C4)n3)cc21. The van der Waals surface area contributed by atoms with Crippen LogP contribution in [0.4, 0.5) is 5.95 Å². The molecule has 140 valence electrons. The second kappa shape index (κ2) is 6.56. The molecule has 2 aliphatic heterocycles. The van der Waals surface area contributed by atoms with Gasteiger partial charge in [0.25, 0.3) is 0 Å². The van der Waals surface area contributed by atoms with Gasteiger partial charge in [0, 0.05) is 50.0 Å². The zero-order chi connectivity index (χ0) is 18.4. The second-order valence-electron chi connectivity index (χ2n) is 7.80. The topological polar surface area (TPSA) is 69.0 Å². The van der Waals surface area contributed by atoms with Gasteiger partial charge in [-0.2, -0.15) is 0 Å². The molecule has 2 saturated heterocycles. The van der Waals surface area contributed by atoms with Gasteiger partial charge in [-0.15, -0.1) is 0 Å². The van der Waals surface area contributed by atoms with Gasteiger partial charge in [-0.25, -0.2) is 15.0 Å². The summed E-state index contributed by atoms with van der Waals surface area (Å²) in [5.74, 6) is 1.43. The smallest absolute Gasteiger partial charge is 0.225 e. The third-order valence-corrected chi connectivity index (χ3v) is 5.62. The zero-order valence-electron chi connectivity index (χ0n) is 15.7. The third-order valence-electron chi connectivity index (χ3n) is 5.62. The number of hydrogen-bond acceptors (Lipinski definition) is 6. The van der Waals surface area contributed by atoms with Crippen LogP contribution in [-0.4, -0.2) is 50.3 Å². The average molecular weight is 364 g/mol. The predicted octanol–water partition coefficient (Wildman–Crippen LogP) is 2.62. The number of anilines is 1. The number of imidazole rings is 1. The van der Waals surface area contributed by atoms with Gasteiger partial charge in [0.05, 0.1) is 29.8 Å². The molecule has 0 N–H and O–H groups in total. The van der Waals surface area contributed by atoms with Crippen LogP contribution in [0.2, 0.25) is 0 Å². The van der Waals surface area contributed by atoms with Crippen LogP contribution in [0.25, 0.3) is 11.0 Å². The fourth-order valence-electron chi connectivity index (χ4n) is 4.14. The summed E-state index contributed by atoms with van der Waals surface area (Å²) in [7, 11) is 0. The molecule has 0 radical (unpaired) electrons. The van der Waals surface area contributed by atoms with E-state index in [2.05, 4.69) is 44.3 Å².